The van der Waals surface area contributed by atoms with Gasteiger partial charge in [-0.3, -0.25) is 0 Å². The first kappa shape index (κ1) is 17.5. The molecule has 0 bridgehead atoms. The van der Waals surface area contributed by atoms with Crippen LogP contribution in [0.4, 0.5) is 5.13 Å². The van der Waals surface area contributed by atoms with E-state index in [0.29, 0.717) is 12.1 Å². The lowest BCUT2D eigenvalue weighted by atomic mass is 9.59. The van der Waals surface area contributed by atoms with Crippen LogP contribution in [0.2, 0.25) is 0 Å². The Balaban J connectivity index is 1.61. The fourth-order valence-corrected chi connectivity index (χ4v) is 4.85. The van der Waals surface area contributed by atoms with E-state index in [0.717, 1.165) is 50.6 Å². The van der Waals surface area contributed by atoms with Crippen molar-refractivity contribution in [2.24, 2.45) is 16.1 Å². The van der Waals surface area contributed by atoms with E-state index in [1.807, 2.05) is 18.7 Å². The van der Waals surface area contributed by atoms with E-state index in [1.165, 1.54) is 0 Å². The van der Waals surface area contributed by atoms with Crippen molar-refractivity contribution in [3.8, 4) is 0 Å². The van der Waals surface area contributed by atoms with Crippen LogP contribution >= 0.6 is 11.3 Å². The molecule has 24 heavy (non-hydrogen) atoms. The summed E-state index contributed by atoms with van der Waals surface area (Å²) < 4.78 is 5.66. The Morgan fingerprint density at radius 2 is 2.08 bits per heavy atom. The van der Waals surface area contributed by atoms with Crippen LogP contribution < -0.4 is 10.6 Å². The maximum atomic E-state index is 6.34. The van der Waals surface area contributed by atoms with Gasteiger partial charge >= 0.3 is 0 Å². The molecule has 2 unspecified atom stereocenters. The predicted octanol–water partition coefficient (Wildman–Crippen LogP) is 2.17. The number of nitrogens with two attached hydrogens (primary N) is 1. The lowest BCUT2D eigenvalue weighted by Gasteiger charge is -2.53. The summed E-state index contributed by atoms with van der Waals surface area (Å²) in [5.41, 5.74) is 6.50. The van der Waals surface area contributed by atoms with Crippen molar-refractivity contribution in [3.63, 3.8) is 0 Å². The fraction of sp³-hybridized carbons (Fsp3) is 0.765. The molecule has 2 heterocycles. The zero-order valence-electron chi connectivity index (χ0n) is 14.9. The Labute approximate surface area is 148 Å². The highest BCUT2D eigenvalue weighted by molar-refractivity contribution is 7.13. The zero-order chi connectivity index (χ0) is 17.2. The molecule has 3 rings (SSSR count). The van der Waals surface area contributed by atoms with Gasteiger partial charge in [-0.15, -0.1) is 11.3 Å². The molecule has 1 aromatic rings. The van der Waals surface area contributed by atoms with E-state index < -0.39 is 0 Å². The number of nitrogens with zero attached hydrogens (tertiary/aromatic N) is 4. The Morgan fingerprint density at radius 3 is 2.62 bits per heavy atom. The van der Waals surface area contributed by atoms with E-state index in [2.05, 4.69) is 28.6 Å². The molecule has 2 atom stereocenters. The van der Waals surface area contributed by atoms with Crippen LogP contribution in [0.3, 0.4) is 0 Å². The molecule has 1 aromatic heterocycles. The highest BCUT2D eigenvalue weighted by atomic mass is 32.1. The van der Waals surface area contributed by atoms with Crippen LogP contribution in [0.15, 0.2) is 16.6 Å². The van der Waals surface area contributed by atoms with E-state index in [4.69, 9.17) is 15.5 Å². The lowest BCUT2D eigenvalue weighted by molar-refractivity contribution is -0.112. The van der Waals surface area contributed by atoms with Gasteiger partial charge in [-0.05, 0) is 19.3 Å². The third kappa shape index (κ3) is 2.99. The standard InChI is InChI=1S/C17H29N5OS/c1-4-17(5-2)13(12-14(17)23-3)20-15(18)21-7-9-22(10-8-21)16-19-6-11-24-16/h6,11,13-14H,4-5,7-10,12H2,1-3H3,(H2,18,20). The summed E-state index contributed by atoms with van der Waals surface area (Å²) in [6.45, 7) is 8.17. The number of aromatic nitrogens is 1. The van der Waals surface area contributed by atoms with Crippen LogP contribution in [-0.2, 0) is 4.74 Å². The molecule has 1 saturated carbocycles. The maximum Gasteiger partial charge on any atom is 0.191 e. The van der Waals surface area contributed by atoms with E-state index in [9.17, 15) is 0 Å². The number of rotatable bonds is 5. The van der Waals surface area contributed by atoms with Crippen LogP contribution in [0.1, 0.15) is 33.1 Å². The first-order chi connectivity index (χ1) is 11.6. The largest absolute Gasteiger partial charge is 0.381 e. The second-order valence-electron chi connectivity index (χ2n) is 6.69. The molecule has 1 saturated heterocycles. The number of ether oxygens (including phenoxy) is 1. The minimum absolute atomic E-state index is 0.155. The molecule has 2 aliphatic rings. The molecule has 7 heteroatoms. The number of aliphatic imine (C=N–C) groups is 1. The molecule has 134 valence electrons. The Bertz CT molecular complexity index is 549. The first-order valence-corrected chi connectivity index (χ1v) is 9.78. The van der Waals surface area contributed by atoms with Gasteiger partial charge in [0.1, 0.15) is 0 Å². The molecule has 0 spiro atoms. The van der Waals surface area contributed by atoms with Crippen LogP contribution in [-0.4, -0.2) is 61.3 Å². The van der Waals surface area contributed by atoms with Gasteiger partial charge in [0.2, 0.25) is 0 Å². The topological polar surface area (TPSA) is 67.0 Å². The average Bonchev–Trinajstić information content (AvgIpc) is 3.14. The quantitative estimate of drug-likeness (QED) is 0.650. The molecule has 0 amide bonds. The minimum atomic E-state index is 0.155. The van der Waals surface area contributed by atoms with Crippen LogP contribution in [0.25, 0.3) is 0 Å². The molecule has 0 aromatic carbocycles. The lowest BCUT2D eigenvalue weighted by Crippen LogP contribution is -2.58. The number of hydrogen-bond acceptors (Lipinski definition) is 5. The van der Waals surface area contributed by atoms with Gasteiger partial charge in [0, 0.05) is 50.3 Å². The monoisotopic (exact) mass is 351 g/mol. The smallest absolute Gasteiger partial charge is 0.191 e. The highest BCUT2D eigenvalue weighted by Gasteiger charge is 2.53. The number of methoxy groups -OCH3 is 1. The summed E-state index contributed by atoms with van der Waals surface area (Å²) >= 11 is 1.69. The number of thiazole rings is 1. The van der Waals surface area contributed by atoms with Gasteiger partial charge in [-0.25, -0.2) is 9.98 Å². The number of hydrogen-bond donors (Lipinski definition) is 1. The zero-order valence-corrected chi connectivity index (χ0v) is 15.8. The van der Waals surface area contributed by atoms with Gasteiger partial charge in [-0.2, -0.15) is 0 Å². The number of piperazine rings is 1. The molecule has 6 nitrogen and oxygen atoms in total. The Morgan fingerprint density at radius 1 is 1.38 bits per heavy atom. The molecular weight excluding hydrogens is 322 g/mol. The van der Waals surface area contributed by atoms with E-state index >= 15 is 0 Å². The van der Waals surface area contributed by atoms with Crippen molar-refractivity contribution in [2.75, 3.05) is 38.2 Å². The second-order valence-corrected chi connectivity index (χ2v) is 7.57. The van der Waals surface area contributed by atoms with E-state index in [-0.39, 0.29) is 11.5 Å². The van der Waals surface area contributed by atoms with Crippen molar-refractivity contribution in [3.05, 3.63) is 11.6 Å². The van der Waals surface area contributed by atoms with Crippen LogP contribution in [0, 0.1) is 5.41 Å². The average molecular weight is 352 g/mol. The summed E-state index contributed by atoms with van der Waals surface area (Å²) in [7, 11) is 1.81. The number of guanidine groups is 1. The maximum absolute atomic E-state index is 6.34. The van der Waals surface area contributed by atoms with E-state index in [1.54, 1.807) is 11.3 Å². The third-order valence-corrected chi connectivity index (χ3v) is 6.76. The van der Waals surface area contributed by atoms with Gasteiger partial charge < -0.3 is 20.3 Å². The van der Waals surface area contributed by atoms with Gasteiger partial charge in [0.15, 0.2) is 11.1 Å². The minimum Gasteiger partial charge on any atom is -0.381 e. The molecular formula is C17H29N5OS. The second kappa shape index (κ2) is 7.27. The van der Waals surface area contributed by atoms with Gasteiger partial charge in [-0.1, -0.05) is 13.8 Å². The summed E-state index contributed by atoms with van der Waals surface area (Å²) in [5, 5.41) is 3.12. The summed E-state index contributed by atoms with van der Waals surface area (Å²) in [6, 6.07) is 0.287. The Kier molecular flexibility index (Phi) is 5.30. The molecule has 1 aliphatic carbocycles. The molecule has 2 N–H and O–H groups in total. The molecule has 1 aliphatic heterocycles. The van der Waals surface area contributed by atoms with Crippen molar-refractivity contribution >= 4 is 22.4 Å². The summed E-state index contributed by atoms with van der Waals surface area (Å²) in [5.74, 6) is 0.694. The van der Waals surface area contributed by atoms with Crippen LogP contribution in [0.5, 0.6) is 0 Å². The van der Waals surface area contributed by atoms with Crippen molar-refractivity contribution in [1.82, 2.24) is 9.88 Å². The van der Waals surface area contributed by atoms with Crippen molar-refractivity contribution < 1.29 is 4.74 Å². The molecule has 0 radical (unpaired) electrons. The predicted molar refractivity (Wildman–Crippen MR) is 99.7 cm³/mol. The summed E-state index contributed by atoms with van der Waals surface area (Å²) in [4.78, 5) is 13.8. The summed E-state index contributed by atoms with van der Waals surface area (Å²) in [6.07, 6.45) is 5.33. The van der Waals surface area contributed by atoms with Gasteiger partial charge in [0.25, 0.3) is 0 Å². The highest BCUT2D eigenvalue weighted by Crippen LogP contribution is 2.50. The number of anilines is 1. The van der Waals surface area contributed by atoms with Crippen molar-refractivity contribution in [1.29, 1.82) is 0 Å². The SMILES string of the molecule is CCC1(CC)C(N=C(N)N2CCN(c3nccs3)CC2)CC1OC. The van der Waals surface area contributed by atoms with Gasteiger partial charge in [0.05, 0.1) is 12.1 Å². The first-order valence-electron chi connectivity index (χ1n) is 8.90. The Hall–Kier alpha value is -1.34. The molecule has 2 fully saturated rings. The third-order valence-electron chi connectivity index (χ3n) is 5.92. The fourth-order valence-electron chi connectivity index (χ4n) is 4.16. The van der Waals surface area contributed by atoms with Crippen molar-refractivity contribution in [2.45, 2.75) is 45.3 Å². The normalized spacial score (nSPS) is 27.2.